The largest absolute Gasteiger partial charge is 0.430 e. The second-order valence-electron chi connectivity index (χ2n) is 4.64. The van der Waals surface area contributed by atoms with Crippen LogP contribution in [0, 0.1) is 0 Å². The number of halogens is 6. The van der Waals surface area contributed by atoms with Crippen molar-refractivity contribution in [3.05, 3.63) is 29.8 Å². The number of alkyl halides is 6. The molecule has 3 nitrogen and oxygen atoms in total. The highest BCUT2D eigenvalue weighted by molar-refractivity contribution is 6.55. The van der Waals surface area contributed by atoms with Crippen LogP contribution in [0.2, 0.25) is 0 Å². The van der Waals surface area contributed by atoms with E-state index in [0.717, 1.165) is 12.1 Å². The molecule has 0 heterocycles. The Morgan fingerprint density at radius 2 is 1.42 bits per heavy atom. The summed E-state index contributed by atoms with van der Waals surface area (Å²) in [6.45, 7) is 3.57. The molecule has 24 heavy (non-hydrogen) atoms. The van der Waals surface area contributed by atoms with Gasteiger partial charge in [0.15, 0.2) is 9.52 Å². The van der Waals surface area contributed by atoms with Crippen molar-refractivity contribution in [2.24, 2.45) is 0 Å². The summed E-state index contributed by atoms with van der Waals surface area (Å²) in [7, 11) is -0.665. The van der Waals surface area contributed by atoms with E-state index in [1.54, 1.807) is 13.8 Å². The Balaban J connectivity index is 3.38. The third-order valence-corrected chi connectivity index (χ3v) is 4.36. The van der Waals surface area contributed by atoms with Gasteiger partial charge in [-0.3, -0.25) is 0 Å². The first-order valence-electron chi connectivity index (χ1n) is 6.94. The minimum Gasteiger partial charge on any atom is -0.369 e. The van der Waals surface area contributed by atoms with Crippen LogP contribution in [0.5, 0.6) is 0 Å². The van der Waals surface area contributed by atoms with Gasteiger partial charge in [0.2, 0.25) is 0 Å². The average molecular weight is 374 g/mol. The van der Waals surface area contributed by atoms with E-state index in [9.17, 15) is 31.4 Å². The quantitative estimate of drug-likeness (QED) is 0.453. The molecule has 0 saturated carbocycles. The molecule has 136 valence electrons. The Hall–Kier alpha value is -1.10. The highest BCUT2D eigenvalue weighted by atomic mass is 28.2. The number of hydrogen-bond acceptors (Lipinski definition) is 3. The van der Waals surface area contributed by atoms with Crippen molar-refractivity contribution < 1.29 is 40.9 Å². The van der Waals surface area contributed by atoms with Crippen molar-refractivity contribution in [2.45, 2.75) is 37.7 Å². The van der Waals surface area contributed by atoms with E-state index >= 15 is 0 Å². The molecular formula is C14H16F6O3Si. The Bertz CT molecular complexity index is 512. The topological polar surface area (TPSA) is 38.7 Å². The Morgan fingerprint density at radius 3 is 1.83 bits per heavy atom. The summed E-state index contributed by atoms with van der Waals surface area (Å²) in [5.74, 6) is -0.994. The third kappa shape index (κ3) is 4.29. The monoisotopic (exact) mass is 374 g/mol. The van der Waals surface area contributed by atoms with Gasteiger partial charge in [0.25, 0.3) is 5.60 Å². The van der Waals surface area contributed by atoms with E-state index in [-0.39, 0.29) is 18.4 Å². The Morgan fingerprint density at radius 1 is 0.958 bits per heavy atom. The third-order valence-electron chi connectivity index (χ3n) is 3.05. The summed E-state index contributed by atoms with van der Waals surface area (Å²) in [5, 5.41) is 9.25. The maximum absolute atomic E-state index is 13.1. The number of benzene rings is 1. The first kappa shape index (κ1) is 20.9. The Kier molecular flexibility index (Phi) is 6.85. The summed E-state index contributed by atoms with van der Waals surface area (Å²) in [6, 6.07) is 3.98. The zero-order chi connectivity index (χ0) is 18.6. The van der Waals surface area contributed by atoms with Crippen LogP contribution >= 0.6 is 0 Å². The summed E-state index contributed by atoms with van der Waals surface area (Å²) >= 11 is 0. The molecular weight excluding hydrogens is 358 g/mol. The number of hydrogen-bond donors (Lipinski definition) is 1. The van der Waals surface area contributed by atoms with E-state index in [1.165, 1.54) is 6.07 Å². The van der Waals surface area contributed by atoms with Crippen molar-refractivity contribution in [2.75, 3.05) is 13.2 Å². The molecule has 0 fully saturated rings. The molecule has 1 aromatic rings. The maximum Gasteiger partial charge on any atom is 0.430 e. The maximum atomic E-state index is 13.1. The smallest absolute Gasteiger partial charge is 0.369 e. The van der Waals surface area contributed by atoms with Gasteiger partial charge in [0.1, 0.15) is 5.91 Å². The van der Waals surface area contributed by atoms with E-state index in [2.05, 4.69) is 0 Å². The van der Waals surface area contributed by atoms with Crippen molar-refractivity contribution in [1.29, 1.82) is 0 Å². The zero-order valence-corrected chi connectivity index (χ0v) is 13.8. The number of rotatable bonds is 7. The summed E-state index contributed by atoms with van der Waals surface area (Å²) < 4.78 is 88.8. The molecule has 0 saturated heterocycles. The highest BCUT2D eigenvalue weighted by Crippen LogP contribution is 2.49. The molecule has 2 radical (unpaired) electrons. The van der Waals surface area contributed by atoms with Gasteiger partial charge >= 0.3 is 12.4 Å². The number of aliphatic hydroxyl groups is 1. The minimum absolute atomic E-state index is 0.169. The number of ether oxygens (including phenoxy) is 2. The first-order chi connectivity index (χ1) is 11.0. The highest BCUT2D eigenvalue weighted by Gasteiger charge is 2.71. The van der Waals surface area contributed by atoms with Gasteiger partial charge in [-0.15, -0.1) is 0 Å². The average Bonchev–Trinajstić information content (AvgIpc) is 2.45. The van der Waals surface area contributed by atoms with E-state index in [4.69, 9.17) is 9.47 Å². The molecule has 1 aromatic carbocycles. The molecule has 0 aromatic heterocycles. The second kappa shape index (κ2) is 7.85. The van der Waals surface area contributed by atoms with Crippen molar-refractivity contribution in [3.8, 4) is 0 Å². The van der Waals surface area contributed by atoms with Gasteiger partial charge in [0.05, 0.1) is 0 Å². The lowest BCUT2D eigenvalue weighted by molar-refractivity contribution is -0.375. The van der Waals surface area contributed by atoms with Crippen LogP contribution in [0.4, 0.5) is 26.3 Å². The fraction of sp³-hybridized carbons (Fsp3) is 0.571. The molecule has 0 unspecified atom stereocenters. The van der Waals surface area contributed by atoms with Crippen LogP contribution in [0.3, 0.4) is 0 Å². The fourth-order valence-corrected chi connectivity index (χ4v) is 3.32. The van der Waals surface area contributed by atoms with Crippen LogP contribution in [-0.2, 0) is 15.1 Å². The van der Waals surface area contributed by atoms with Gasteiger partial charge in [-0.2, -0.15) is 26.3 Å². The van der Waals surface area contributed by atoms with E-state index in [1.807, 2.05) is 0 Å². The van der Waals surface area contributed by atoms with Gasteiger partial charge in [-0.1, -0.05) is 29.5 Å². The normalized spacial score (nSPS) is 13.6. The van der Waals surface area contributed by atoms with Gasteiger partial charge in [-0.25, -0.2) is 0 Å². The molecule has 1 rings (SSSR count). The minimum atomic E-state index is -5.93. The molecule has 0 bridgehead atoms. The van der Waals surface area contributed by atoms with Crippen LogP contribution in [-0.4, -0.2) is 46.1 Å². The van der Waals surface area contributed by atoms with Crippen LogP contribution in [0.25, 0.3) is 0 Å². The first-order valence-corrected chi connectivity index (χ1v) is 8.01. The molecule has 10 heteroatoms. The molecule has 0 aliphatic carbocycles. The fourth-order valence-electron chi connectivity index (χ4n) is 1.95. The predicted octanol–water partition coefficient (Wildman–Crippen LogP) is 2.68. The lowest BCUT2D eigenvalue weighted by Crippen LogP contribution is -2.57. The lowest BCUT2D eigenvalue weighted by atomic mass is 9.92. The molecule has 1 N–H and O–H groups in total. The van der Waals surface area contributed by atoms with Crippen molar-refractivity contribution in [1.82, 2.24) is 0 Å². The van der Waals surface area contributed by atoms with Gasteiger partial charge < -0.3 is 14.6 Å². The standard InChI is InChI=1S/C14H16F6O3Si/c1-3-22-11(23-4-2)24-10-8-6-5-7-9(10)12(21,13(15,16)17)14(18,19)20/h5-8,11,21H,3-4H2,1-2H3. The second-order valence-corrected chi connectivity index (χ2v) is 5.94. The van der Waals surface area contributed by atoms with E-state index in [0.29, 0.717) is 6.07 Å². The summed E-state index contributed by atoms with van der Waals surface area (Å²) in [4.78, 5) is 0. The summed E-state index contributed by atoms with van der Waals surface area (Å²) in [6.07, 6.45) is -11.9. The molecule has 0 atom stereocenters. The van der Waals surface area contributed by atoms with Crippen LogP contribution < -0.4 is 5.19 Å². The summed E-state index contributed by atoms with van der Waals surface area (Å²) in [5.41, 5.74) is -6.24. The lowest BCUT2D eigenvalue weighted by Gasteiger charge is -2.34. The Labute approximate surface area is 137 Å². The van der Waals surface area contributed by atoms with Crippen molar-refractivity contribution in [3.63, 3.8) is 0 Å². The van der Waals surface area contributed by atoms with E-state index < -0.39 is 39.0 Å². The van der Waals surface area contributed by atoms with Gasteiger partial charge in [0, 0.05) is 18.8 Å². The predicted molar refractivity (Wildman–Crippen MR) is 74.9 cm³/mol. The molecule has 0 aliphatic rings. The van der Waals surface area contributed by atoms with Crippen molar-refractivity contribution >= 4 is 14.7 Å². The SMILES string of the molecule is CCOC(OCC)[Si]c1ccccc1C(O)(C(F)(F)F)C(F)(F)F. The zero-order valence-electron chi connectivity index (χ0n) is 12.8. The van der Waals surface area contributed by atoms with Crippen LogP contribution in [0.15, 0.2) is 24.3 Å². The van der Waals surface area contributed by atoms with Crippen LogP contribution in [0.1, 0.15) is 19.4 Å². The van der Waals surface area contributed by atoms with Gasteiger partial charge in [-0.05, 0) is 13.8 Å². The molecule has 0 spiro atoms. The molecule has 0 aliphatic heterocycles. The molecule has 0 amide bonds.